The molecule has 8 heteroatoms. The summed E-state index contributed by atoms with van der Waals surface area (Å²) in [5.74, 6) is 0.0624. The predicted octanol–water partition coefficient (Wildman–Crippen LogP) is 0.400. The highest BCUT2D eigenvalue weighted by Gasteiger charge is 2.14. The predicted molar refractivity (Wildman–Crippen MR) is 90.8 cm³/mol. The third-order valence-corrected chi connectivity index (χ3v) is 4.42. The molecule has 1 amide bonds. The number of aromatic nitrogens is 4. The first-order valence-corrected chi connectivity index (χ1v) is 8.64. The van der Waals surface area contributed by atoms with E-state index in [0.717, 1.165) is 56.1 Å². The summed E-state index contributed by atoms with van der Waals surface area (Å²) >= 11 is 0. The second-order valence-corrected chi connectivity index (χ2v) is 6.06. The van der Waals surface area contributed by atoms with Gasteiger partial charge in [-0.1, -0.05) is 0 Å². The maximum absolute atomic E-state index is 12.0. The van der Waals surface area contributed by atoms with Crippen molar-refractivity contribution in [1.29, 1.82) is 0 Å². The fraction of sp³-hybridized carbons (Fsp3) is 0.688. The third-order valence-electron chi connectivity index (χ3n) is 4.42. The Morgan fingerprint density at radius 2 is 2.08 bits per heavy atom. The van der Waals surface area contributed by atoms with Gasteiger partial charge in [-0.25, -0.2) is 0 Å². The van der Waals surface area contributed by atoms with E-state index in [9.17, 15) is 4.79 Å². The Labute approximate surface area is 141 Å². The molecule has 3 heterocycles. The quantitative estimate of drug-likeness (QED) is 0.793. The van der Waals surface area contributed by atoms with Crippen molar-refractivity contribution in [3.63, 3.8) is 0 Å². The number of rotatable bonds is 7. The first-order valence-electron chi connectivity index (χ1n) is 8.64. The zero-order valence-electron chi connectivity index (χ0n) is 14.5. The highest BCUT2D eigenvalue weighted by atomic mass is 16.5. The molecule has 0 unspecified atom stereocenters. The van der Waals surface area contributed by atoms with Crippen LogP contribution in [0.1, 0.15) is 19.0 Å². The summed E-state index contributed by atoms with van der Waals surface area (Å²) in [5.41, 5.74) is 3.01. The van der Waals surface area contributed by atoms with Crippen molar-refractivity contribution in [2.45, 2.75) is 33.4 Å². The summed E-state index contributed by atoms with van der Waals surface area (Å²) in [4.78, 5) is 14.4. The van der Waals surface area contributed by atoms with Gasteiger partial charge in [-0.15, -0.1) is 0 Å². The molecular formula is C16H26N6O2. The second-order valence-electron chi connectivity index (χ2n) is 6.06. The van der Waals surface area contributed by atoms with Gasteiger partial charge in [0.15, 0.2) is 0 Å². The Bertz CT molecular complexity index is 686. The van der Waals surface area contributed by atoms with E-state index >= 15 is 0 Å². The number of fused-ring (bicyclic) bond motifs is 1. The Morgan fingerprint density at radius 1 is 1.29 bits per heavy atom. The minimum absolute atomic E-state index is 0.0624. The Morgan fingerprint density at radius 3 is 2.83 bits per heavy atom. The molecule has 0 atom stereocenters. The number of nitrogens with zero attached hydrogens (tertiary/aromatic N) is 5. The largest absolute Gasteiger partial charge is 0.379 e. The molecular weight excluding hydrogens is 308 g/mol. The van der Waals surface area contributed by atoms with Crippen molar-refractivity contribution in [3.05, 3.63) is 11.9 Å². The molecule has 1 saturated heterocycles. The van der Waals surface area contributed by atoms with Crippen molar-refractivity contribution in [1.82, 2.24) is 29.8 Å². The van der Waals surface area contributed by atoms with Crippen LogP contribution in [0.15, 0.2) is 6.20 Å². The second kappa shape index (κ2) is 7.76. The van der Waals surface area contributed by atoms with Gasteiger partial charge in [-0.3, -0.25) is 19.1 Å². The average Bonchev–Trinajstić information content (AvgIpc) is 3.15. The van der Waals surface area contributed by atoms with E-state index < -0.39 is 0 Å². The molecule has 3 rings (SSSR count). The molecule has 0 spiro atoms. The summed E-state index contributed by atoms with van der Waals surface area (Å²) < 4.78 is 9.14. The first kappa shape index (κ1) is 16.9. The van der Waals surface area contributed by atoms with Crippen LogP contribution in [0.25, 0.3) is 11.0 Å². The van der Waals surface area contributed by atoms with Crippen LogP contribution in [0.2, 0.25) is 0 Å². The molecule has 1 aliphatic rings. The van der Waals surface area contributed by atoms with Crippen LogP contribution in [-0.4, -0.2) is 69.8 Å². The van der Waals surface area contributed by atoms with Gasteiger partial charge in [0.05, 0.1) is 31.6 Å². The number of morpholine rings is 1. The summed E-state index contributed by atoms with van der Waals surface area (Å²) in [6, 6.07) is 0. The number of hydrogen-bond donors (Lipinski definition) is 1. The molecule has 0 saturated carbocycles. The number of amides is 1. The van der Waals surface area contributed by atoms with Gasteiger partial charge in [0, 0.05) is 39.1 Å². The molecule has 2 aromatic rings. The molecule has 2 aromatic heterocycles. The van der Waals surface area contributed by atoms with Gasteiger partial charge in [-0.05, 0) is 13.8 Å². The molecule has 1 aliphatic heterocycles. The SMILES string of the molecule is CCn1nc(C)c2c1cnn2CCC(=O)NCCN1CCOCC1. The van der Waals surface area contributed by atoms with Crippen LogP contribution in [0.4, 0.5) is 0 Å². The molecule has 0 aromatic carbocycles. The van der Waals surface area contributed by atoms with Crippen molar-refractivity contribution in [2.24, 2.45) is 0 Å². The molecule has 8 nitrogen and oxygen atoms in total. The van der Waals surface area contributed by atoms with E-state index in [1.807, 2.05) is 22.5 Å². The van der Waals surface area contributed by atoms with E-state index in [4.69, 9.17) is 4.74 Å². The standard InChI is InChI=1S/C16H26N6O2/c1-3-21-14-12-18-22(16(14)13(2)19-21)6-4-15(23)17-5-7-20-8-10-24-11-9-20/h12H,3-11H2,1-2H3,(H,17,23). The fourth-order valence-corrected chi connectivity index (χ4v) is 3.10. The van der Waals surface area contributed by atoms with Crippen molar-refractivity contribution < 1.29 is 9.53 Å². The van der Waals surface area contributed by atoms with Crippen molar-refractivity contribution in [3.8, 4) is 0 Å². The van der Waals surface area contributed by atoms with Crippen LogP contribution >= 0.6 is 0 Å². The van der Waals surface area contributed by atoms with E-state index in [1.165, 1.54) is 0 Å². The number of aryl methyl sites for hydroxylation is 3. The Kier molecular flexibility index (Phi) is 5.47. The van der Waals surface area contributed by atoms with Gasteiger partial charge in [0.1, 0.15) is 11.0 Å². The van der Waals surface area contributed by atoms with E-state index in [-0.39, 0.29) is 5.91 Å². The molecule has 132 valence electrons. The third kappa shape index (κ3) is 3.76. The lowest BCUT2D eigenvalue weighted by atomic mass is 10.3. The summed E-state index contributed by atoms with van der Waals surface area (Å²) in [5, 5.41) is 11.9. The minimum atomic E-state index is 0.0624. The number of carbonyl (C=O) groups excluding carboxylic acids is 1. The first-order chi connectivity index (χ1) is 11.7. The zero-order valence-corrected chi connectivity index (χ0v) is 14.5. The fourth-order valence-electron chi connectivity index (χ4n) is 3.10. The number of nitrogens with one attached hydrogen (secondary N) is 1. The Hall–Kier alpha value is -1.93. The van der Waals surface area contributed by atoms with E-state index in [0.29, 0.717) is 19.5 Å². The summed E-state index contributed by atoms with van der Waals surface area (Å²) in [7, 11) is 0. The van der Waals surface area contributed by atoms with Crippen LogP contribution < -0.4 is 5.32 Å². The number of carbonyl (C=O) groups is 1. The summed E-state index contributed by atoms with van der Waals surface area (Å²) in [6.07, 6.45) is 2.26. The van der Waals surface area contributed by atoms with Gasteiger partial charge < -0.3 is 10.1 Å². The molecule has 0 bridgehead atoms. The highest BCUT2D eigenvalue weighted by molar-refractivity contribution is 5.78. The number of hydrogen-bond acceptors (Lipinski definition) is 5. The average molecular weight is 334 g/mol. The molecule has 0 aliphatic carbocycles. The van der Waals surface area contributed by atoms with Gasteiger partial charge in [-0.2, -0.15) is 10.2 Å². The van der Waals surface area contributed by atoms with E-state index in [1.54, 1.807) is 0 Å². The lowest BCUT2D eigenvalue weighted by Gasteiger charge is -2.26. The Balaban J connectivity index is 1.47. The highest BCUT2D eigenvalue weighted by Crippen LogP contribution is 2.17. The molecule has 24 heavy (non-hydrogen) atoms. The van der Waals surface area contributed by atoms with Crippen LogP contribution in [0.3, 0.4) is 0 Å². The molecule has 0 radical (unpaired) electrons. The smallest absolute Gasteiger partial charge is 0.221 e. The lowest BCUT2D eigenvalue weighted by molar-refractivity contribution is -0.121. The molecule has 1 fully saturated rings. The minimum Gasteiger partial charge on any atom is -0.379 e. The van der Waals surface area contributed by atoms with Gasteiger partial charge in [0.25, 0.3) is 0 Å². The summed E-state index contributed by atoms with van der Waals surface area (Å²) in [6.45, 7) is 10.5. The van der Waals surface area contributed by atoms with Gasteiger partial charge >= 0.3 is 0 Å². The van der Waals surface area contributed by atoms with Crippen molar-refractivity contribution >= 4 is 16.9 Å². The maximum atomic E-state index is 12.0. The zero-order chi connectivity index (χ0) is 16.9. The van der Waals surface area contributed by atoms with E-state index in [2.05, 4.69) is 27.3 Å². The monoisotopic (exact) mass is 334 g/mol. The lowest BCUT2D eigenvalue weighted by Crippen LogP contribution is -2.41. The number of ether oxygens (including phenoxy) is 1. The van der Waals surface area contributed by atoms with Crippen molar-refractivity contribution in [2.75, 3.05) is 39.4 Å². The van der Waals surface area contributed by atoms with Crippen LogP contribution in [-0.2, 0) is 22.6 Å². The molecule has 1 N–H and O–H groups in total. The normalized spacial score (nSPS) is 15.9. The topological polar surface area (TPSA) is 77.2 Å². The van der Waals surface area contributed by atoms with Crippen LogP contribution in [0, 0.1) is 6.92 Å². The maximum Gasteiger partial charge on any atom is 0.221 e. The van der Waals surface area contributed by atoms with Gasteiger partial charge in [0.2, 0.25) is 5.91 Å². The van der Waals surface area contributed by atoms with Crippen LogP contribution in [0.5, 0.6) is 0 Å².